The van der Waals surface area contributed by atoms with Crippen LogP contribution >= 0.6 is 0 Å². The average Bonchev–Trinajstić information content (AvgIpc) is 2.74. The van der Waals surface area contributed by atoms with E-state index in [2.05, 4.69) is 16.0 Å². The van der Waals surface area contributed by atoms with Crippen LogP contribution in [0, 0.1) is 25.2 Å². The zero-order valence-electron chi connectivity index (χ0n) is 16.8. The molecule has 5 heteroatoms. The summed E-state index contributed by atoms with van der Waals surface area (Å²) >= 11 is 0. The van der Waals surface area contributed by atoms with Crippen molar-refractivity contribution in [1.29, 1.82) is 5.26 Å². The number of nitrogens with zero attached hydrogens (tertiary/aromatic N) is 3. The Balaban J connectivity index is 1.87. The van der Waals surface area contributed by atoms with Crippen molar-refractivity contribution in [3.8, 4) is 6.07 Å². The molecule has 0 unspecified atom stereocenters. The molecule has 0 N–H and O–H groups in total. The maximum Gasteiger partial charge on any atom is 0.290 e. The van der Waals surface area contributed by atoms with Gasteiger partial charge in [-0.05, 0) is 31.0 Å². The van der Waals surface area contributed by atoms with E-state index in [1.807, 2.05) is 56.3 Å². The molecular weight excluding hydrogens is 380 g/mol. The van der Waals surface area contributed by atoms with Crippen molar-refractivity contribution in [1.82, 2.24) is 4.98 Å². The molecule has 1 aromatic heterocycles. The fraction of sp³-hybridized carbons (Fsp3) is 0.240. The zero-order chi connectivity index (χ0) is 21.3. The van der Waals surface area contributed by atoms with Gasteiger partial charge in [0.1, 0.15) is 11.8 Å². The number of hydrogen-bond acceptors (Lipinski definition) is 3. The van der Waals surface area contributed by atoms with Crippen molar-refractivity contribution in [2.24, 2.45) is 4.99 Å². The molecule has 2 atom stereocenters. The van der Waals surface area contributed by atoms with Gasteiger partial charge >= 0.3 is 0 Å². The molecule has 1 aliphatic heterocycles. The van der Waals surface area contributed by atoms with Crippen LogP contribution in [-0.4, -0.2) is 16.6 Å². The van der Waals surface area contributed by atoms with Crippen LogP contribution in [0.5, 0.6) is 0 Å². The molecule has 2 aromatic carbocycles. The van der Waals surface area contributed by atoms with E-state index in [0.29, 0.717) is 16.8 Å². The molecule has 0 aliphatic carbocycles. The second kappa shape index (κ2) is 7.79. The molecule has 0 bridgehead atoms. The summed E-state index contributed by atoms with van der Waals surface area (Å²) in [6.07, 6.45) is 1.06. The lowest BCUT2D eigenvalue weighted by molar-refractivity contribution is 0.0483. The Morgan fingerprint density at radius 3 is 2.37 bits per heavy atom. The Labute approximate surface area is 174 Å². The maximum absolute atomic E-state index is 15.3. The molecular formula is C25H21F2N3. The SMILES string of the molecule is Cc1ccc(C2=N[C@@H](c3ccccc3)[C@@H](c3ncc(C#N)cc3C)CC2(F)F)cc1. The van der Waals surface area contributed by atoms with Gasteiger partial charge in [0.2, 0.25) is 0 Å². The van der Waals surface area contributed by atoms with E-state index < -0.39 is 17.9 Å². The third-order valence-electron chi connectivity index (χ3n) is 5.54. The third kappa shape index (κ3) is 3.73. The van der Waals surface area contributed by atoms with Crippen LogP contribution in [-0.2, 0) is 0 Å². The minimum atomic E-state index is -3.09. The smallest absolute Gasteiger partial charge is 0.274 e. The number of aromatic nitrogens is 1. The first-order chi connectivity index (χ1) is 14.4. The lowest BCUT2D eigenvalue weighted by atomic mass is 9.79. The van der Waals surface area contributed by atoms with Crippen LogP contribution in [0.4, 0.5) is 8.78 Å². The molecule has 0 spiro atoms. The monoisotopic (exact) mass is 401 g/mol. The van der Waals surface area contributed by atoms with Crippen molar-refractivity contribution < 1.29 is 8.78 Å². The predicted octanol–water partition coefficient (Wildman–Crippen LogP) is 5.92. The van der Waals surface area contributed by atoms with E-state index >= 15 is 8.78 Å². The first-order valence-corrected chi connectivity index (χ1v) is 9.84. The summed E-state index contributed by atoms with van der Waals surface area (Å²) < 4.78 is 30.7. The van der Waals surface area contributed by atoms with Gasteiger partial charge in [-0.2, -0.15) is 14.0 Å². The van der Waals surface area contributed by atoms with Crippen LogP contribution in [0.3, 0.4) is 0 Å². The molecule has 30 heavy (non-hydrogen) atoms. The van der Waals surface area contributed by atoms with Crippen LogP contribution < -0.4 is 0 Å². The number of alkyl halides is 2. The highest BCUT2D eigenvalue weighted by Crippen LogP contribution is 2.47. The number of rotatable bonds is 3. The molecule has 150 valence electrons. The number of benzene rings is 2. The van der Waals surface area contributed by atoms with E-state index in [1.165, 1.54) is 6.20 Å². The Hall–Kier alpha value is -3.39. The minimum absolute atomic E-state index is 0.182. The van der Waals surface area contributed by atoms with Crippen molar-refractivity contribution in [2.75, 3.05) is 0 Å². The molecule has 0 fully saturated rings. The summed E-state index contributed by atoms with van der Waals surface area (Å²) in [4.78, 5) is 9.01. The van der Waals surface area contributed by atoms with E-state index in [0.717, 1.165) is 16.7 Å². The standard InChI is InChI=1S/C25H21F2N3/c1-16-8-10-20(11-9-16)24-25(26,27)13-21(22-17(2)12-18(14-28)15-29-22)23(30-24)19-6-4-3-5-7-19/h3-12,15,21,23H,13H2,1-2H3/t21-,23+/m1/s1. The average molecular weight is 401 g/mol. The van der Waals surface area contributed by atoms with Gasteiger partial charge < -0.3 is 0 Å². The van der Waals surface area contributed by atoms with Gasteiger partial charge in [-0.25, -0.2) is 0 Å². The number of aliphatic imine (C=N–C) groups is 1. The normalized spacial score (nSPS) is 20.3. The Bertz CT molecular complexity index is 1130. The minimum Gasteiger partial charge on any atom is -0.274 e. The first-order valence-electron chi connectivity index (χ1n) is 9.84. The molecule has 0 amide bonds. The topological polar surface area (TPSA) is 49.0 Å². The lowest BCUT2D eigenvalue weighted by Crippen LogP contribution is -2.38. The number of halogens is 2. The molecule has 3 aromatic rings. The summed E-state index contributed by atoms with van der Waals surface area (Å²) in [6, 6.07) is 19.8. The Morgan fingerprint density at radius 1 is 1.03 bits per heavy atom. The maximum atomic E-state index is 15.3. The zero-order valence-corrected chi connectivity index (χ0v) is 16.8. The van der Waals surface area contributed by atoms with Gasteiger partial charge in [-0.1, -0.05) is 60.2 Å². The van der Waals surface area contributed by atoms with Crippen molar-refractivity contribution in [2.45, 2.75) is 38.2 Å². The van der Waals surface area contributed by atoms with E-state index in [9.17, 15) is 0 Å². The number of hydrogen-bond donors (Lipinski definition) is 0. The summed E-state index contributed by atoms with van der Waals surface area (Å²) in [5.41, 5.74) is 3.84. The quantitative estimate of drug-likeness (QED) is 0.547. The van der Waals surface area contributed by atoms with Gasteiger partial charge in [0.25, 0.3) is 5.92 Å². The highest BCUT2D eigenvalue weighted by atomic mass is 19.3. The number of pyridine rings is 1. The Kier molecular flexibility index (Phi) is 5.17. The molecule has 3 nitrogen and oxygen atoms in total. The van der Waals surface area contributed by atoms with Gasteiger partial charge in [0.15, 0.2) is 0 Å². The molecule has 0 saturated carbocycles. The van der Waals surface area contributed by atoms with Crippen LogP contribution in [0.15, 0.2) is 71.9 Å². The summed E-state index contributed by atoms with van der Waals surface area (Å²) in [5.74, 6) is -3.68. The molecule has 1 aliphatic rings. The van der Waals surface area contributed by atoms with Gasteiger partial charge in [-0.3, -0.25) is 9.98 Å². The van der Waals surface area contributed by atoms with Crippen LogP contribution in [0.25, 0.3) is 0 Å². The van der Waals surface area contributed by atoms with Gasteiger partial charge in [0.05, 0.1) is 11.6 Å². The Morgan fingerprint density at radius 2 is 1.73 bits per heavy atom. The van der Waals surface area contributed by atoms with E-state index in [1.54, 1.807) is 18.2 Å². The summed E-state index contributed by atoms with van der Waals surface area (Å²) in [7, 11) is 0. The van der Waals surface area contributed by atoms with Crippen molar-refractivity contribution in [3.63, 3.8) is 0 Å². The fourth-order valence-electron chi connectivity index (χ4n) is 4.04. The molecule has 4 rings (SSSR count). The summed E-state index contributed by atoms with van der Waals surface area (Å²) in [6.45, 7) is 3.73. The largest absolute Gasteiger partial charge is 0.290 e. The molecule has 2 heterocycles. The molecule has 0 saturated heterocycles. The highest BCUT2D eigenvalue weighted by Gasteiger charge is 2.47. The lowest BCUT2D eigenvalue weighted by Gasteiger charge is -2.35. The van der Waals surface area contributed by atoms with Gasteiger partial charge in [0, 0.05) is 29.8 Å². The summed E-state index contributed by atoms with van der Waals surface area (Å²) in [5, 5.41) is 9.12. The van der Waals surface area contributed by atoms with Gasteiger partial charge in [-0.15, -0.1) is 0 Å². The second-order valence-electron chi connectivity index (χ2n) is 7.75. The van der Waals surface area contributed by atoms with Crippen LogP contribution in [0.2, 0.25) is 0 Å². The fourth-order valence-corrected chi connectivity index (χ4v) is 4.04. The van der Waals surface area contributed by atoms with Crippen molar-refractivity contribution >= 4 is 5.71 Å². The van der Waals surface area contributed by atoms with Crippen LogP contribution in [0.1, 0.15) is 51.9 Å². The first kappa shape index (κ1) is 19.9. The molecule has 0 radical (unpaired) electrons. The number of nitriles is 1. The number of aryl methyl sites for hydroxylation is 2. The predicted molar refractivity (Wildman–Crippen MR) is 113 cm³/mol. The third-order valence-corrected chi connectivity index (χ3v) is 5.54. The van der Waals surface area contributed by atoms with E-state index in [4.69, 9.17) is 5.26 Å². The van der Waals surface area contributed by atoms with Crippen molar-refractivity contribution in [3.05, 3.63) is 100 Å². The second-order valence-corrected chi connectivity index (χ2v) is 7.75. The van der Waals surface area contributed by atoms with E-state index in [-0.39, 0.29) is 12.1 Å². The highest BCUT2D eigenvalue weighted by molar-refractivity contribution is 6.06.